The third kappa shape index (κ3) is 3.48. The summed E-state index contributed by atoms with van der Waals surface area (Å²) in [5.41, 5.74) is 1.88. The fourth-order valence-electron chi connectivity index (χ4n) is 1.51. The molecule has 100 valence electrons. The average Bonchev–Trinajstić information content (AvgIpc) is 2.85. The number of para-hydroxylation sites is 1. The summed E-state index contributed by atoms with van der Waals surface area (Å²) in [6, 6.07) is 9.62. The Hall–Kier alpha value is -2.01. The Bertz CT molecular complexity index is 562. The zero-order chi connectivity index (χ0) is 13.7. The molecule has 0 amide bonds. The summed E-state index contributed by atoms with van der Waals surface area (Å²) in [5.74, 6) is 0.817. The monoisotopic (exact) mass is 278 g/mol. The standard InChI is InChI=1S/C14H14O4S/c1-10-5-3-4-6-12(10)17-9-11-7-8-19-13(11)18-14(15)16-2/h3-8H,9H2,1-2H3. The van der Waals surface area contributed by atoms with Crippen LogP contribution in [0.15, 0.2) is 35.7 Å². The highest BCUT2D eigenvalue weighted by Gasteiger charge is 2.11. The number of rotatable bonds is 4. The summed E-state index contributed by atoms with van der Waals surface area (Å²) >= 11 is 1.33. The number of hydrogen-bond acceptors (Lipinski definition) is 5. The van der Waals surface area contributed by atoms with Gasteiger partial charge in [-0.05, 0) is 30.0 Å². The number of aryl methyl sites for hydroxylation is 1. The molecule has 1 heterocycles. The van der Waals surface area contributed by atoms with E-state index in [4.69, 9.17) is 9.47 Å². The SMILES string of the molecule is COC(=O)Oc1sccc1COc1ccccc1C. The predicted molar refractivity (Wildman–Crippen MR) is 72.9 cm³/mol. The van der Waals surface area contributed by atoms with E-state index in [-0.39, 0.29) is 0 Å². The van der Waals surface area contributed by atoms with Crippen LogP contribution in [0.4, 0.5) is 4.79 Å². The first kappa shape index (κ1) is 13.4. The van der Waals surface area contributed by atoms with Gasteiger partial charge in [0.1, 0.15) is 12.4 Å². The van der Waals surface area contributed by atoms with Crippen molar-refractivity contribution in [2.45, 2.75) is 13.5 Å². The smallest absolute Gasteiger partial charge is 0.488 e. The molecule has 0 aliphatic rings. The zero-order valence-corrected chi connectivity index (χ0v) is 11.5. The third-order valence-corrected chi connectivity index (χ3v) is 3.36. The lowest BCUT2D eigenvalue weighted by molar-refractivity contribution is 0.122. The molecular weight excluding hydrogens is 264 g/mol. The number of ether oxygens (including phenoxy) is 3. The van der Waals surface area contributed by atoms with Crippen LogP contribution < -0.4 is 9.47 Å². The summed E-state index contributed by atoms with van der Waals surface area (Å²) in [7, 11) is 1.28. The molecule has 0 atom stereocenters. The molecule has 19 heavy (non-hydrogen) atoms. The number of thiophene rings is 1. The van der Waals surface area contributed by atoms with Crippen LogP contribution in [0.1, 0.15) is 11.1 Å². The Morgan fingerprint density at radius 2 is 2.05 bits per heavy atom. The van der Waals surface area contributed by atoms with Gasteiger partial charge in [-0.25, -0.2) is 4.79 Å². The number of benzene rings is 1. The quantitative estimate of drug-likeness (QED) is 0.798. The lowest BCUT2D eigenvalue weighted by atomic mass is 10.2. The van der Waals surface area contributed by atoms with Crippen molar-refractivity contribution in [2.75, 3.05) is 7.11 Å². The van der Waals surface area contributed by atoms with E-state index in [1.807, 2.05) is 42.6 Å². The first-order valence-electron chi connectivity index (χ1n) is 5.71. The summed E-state index contributed by atoms with van der Waals surface area (Å²) < 4.78 is 15.2. The molecule has 0 aliphatic carbocycles. The lowest BCUT2D eigenvalue weighted by Crippen LogP contribution is -2.08. The van der Waals surface area contributed by atoms with Gasteiger partial charge < -0.3 is 14.2 Å². The highest BCUT2D eigenvalue weighted by atomic mass is 32.1. The fraction of sp³-hybridized carbons (Fsp3) is 0.214. The van der Waals surface area contributed by atoms with E-state index in [1.165, 1.54) is 18.4 Å². The molecule has 0 fully saturated rings. The molecule has 5 heteroatoms. The Balaban J connectivity index is 2.02. The minimum absolute atomic E-state index is 0.348. The molecule has 1 aromatic carbocycles. The van der Waals surface area contributed by atoms with Gasteiger partial charge in [-0.2, -0.15) is 0 Å². The van der Waals surface area contributed by atoms with Gasteiger partial charge in [-0.3, -0.25) is 0 Å². The zero-order valence-electron chi connectivity index (χ0n) is 10.7. The van der Waals surface area contributed by atoms with Gasteiger partial charge in [0.05, 0.1) is 7.11 Å². The van der Waals surface area contributed by atoms with Crippen molar-refractivity contribution in [1.29, 1.82) is 0 Å². The van der Waals surface area contributed by atoms with Crippen LogP contribution in [0.3, 0.4) is 0 Å². The van der Waals surface area contributed by atoms with E-state index in [9.17, 15) is 4.79 Å². The maximum Gasteiger partial charge on any atom is 0.514 e. The normalized spacial score (nSPS) is 10.0. The second kappa shape index (κ2) is 6.24. The van der Waals surface area contributed by atoms with E-state index in [0.717, 1.165) is 16.9 Å². The average molecular weight is 278 g/mol. The van der Waals surface area contributed by atoms with Crippen molar-refractivity contribution in [3.05, 3.63) is 46.8 Å². The van der Waals surface area contributed by atoms with E-state index in [0.29, 0.717) is 11.7 Å². The second-order valence-corrected chi connectivity index (χ2v) is 4.72. The van der Waals surface area contributed by atoms with E-state index in [1.54, 1.807) is 0 Å². The maximum atomic E-state index is 11.1. The van der Waals surface area contributed by atoms with E-state index in [2.05, 4.69) is 4.74 Å². The molecular formula is C14H14O4S. The van der Waals surface area contributed by atoms with Crippen LogP contribution in [0.25, 0.3) is 0 Å². The van der Waals surface area contributed by atoms with Crippen LogP contribution in [-0.4, -0.2) is 13.3 Å². The largest absolute Gasteiger partial charge is 0.514 e. The van der Waals surface area contributed by atoms with Crippen molar-refractivity contribution in [1.82, 2.24) is 0 Å². The maximum absolute atomic E-state index is 11.1. The van der Waals surface area contributed by atoms with Crippen molar-refractivity contribution in [3.63, 3.8) is 0 Å². The van der Waals surface area contributed by atoms with Gasteiger partial charge in [0.25, 0.3) is 0 Å². The molecule has 0 aliphatic heterocycles. The van der Waals surface area contributed by atoms with Gasteiger partial charge in [0, 0.05) is 5.56 Å². The molecule has 2 aromatic rings. The van der Waals surface area contributed by atoms with Crippen LogP contribution in [-0.2, 0) is 11.3 Å². The number of carbonyl (C=O) groups excluding carboxylic acids is 1. The minimum atomic E-state index is -0.723. The summed E-state index contributed by atoms with van der Waals surface area (Å²) in [5, 5.41) is 2.34. The highest BCUT2D eigenvalue weighted by molar-refractivity contribution is 7.12. The van der Waals surface area contributed by atoms with Crippen molar-refractivity contribution in [2.24, 2.45) is 0 Å². The Morgan fingerprint density at radius 3 is 2.79 bits per heavy atom. The lowest BCUT2D eigenvalue weighted by Gasteiger charge is -2.09. The first-order valence-corrected chi connectivity index (χ1v) is 6.59. The predicted octanol–water partition coefficient (Wildman–Crippen LogP) is 3.78. The number of carbonyl (C=O) groups is 1. The number of methoxy groups -OCH3 is 1. The summed E-state index contributed by atoms with van der Waals surface area (Å²) in [6.07, 6.45) is -0.723. The molecule has 4 nitrogen and oxygen atoms in total. The van der Waals surface area contributed by atoms with Gasteiger partial charge in [-0.1, -0.05) is 18.2 Å². The molecule has 0 spiro atoms. The van der Waals surface area contributed by atoms with Gasteiger partial charge in [-0.15, -0.1) is 11.3 Å². The van der Waals surface area contributed by atoms with Gasteiger partial charge in [0.2, 0.25) is 0 Å². The van der Waals surface area contributed by atoms with Crippen LogP contribution >= 0.6 is 11.3 Å². The molecule has 0 saturated carbocycles. The van der Waals surface area contributed by atoms with E-state index >= 15 is 0 Å². The Kier molecular flexibility index (Phi) is 4.41. The Morgan fingerprint density at radius 1 is 1.26 bits per heavy atom. The first-order chi connectivity index (χ1) is 9.20. The van der Waals surface area contributed by atoms with E-state index < -0.39 is 6.16 Å². The van der Waals surface area contributed by atoms with Crippen molar-refractivity contribution < 1.29 is 19.0 Å². The summed E-state index contributed by atoms with van der Waals surface area (Å²) in [4.78, 5) is 11.1. The Labute approximate surface area is 115 Å². The van der Waals surface area contributed by atoms with Crippen LogP contribution in [0, 0.1) is 6.92 Å². The van der Waals surface area contributed by atoms with Crippen LogP contribution in [0.5, 0.6) is 10.8 Å². The molecule has 0 bridgehead atoms. The topological polar surface area (TPSA) is 44.8 Å². The van der Waals surface area contributed by atoms with Gasteiger partial charge >= 0.3 is 6.16 Å². The molecule has 1 aromatic heterocycles. The minimum Gasteiger partial charge on any atom is -0.488 e. The summed E-state index contributed by atoms with van der Waals surface area (Å²) in [6.45, 7) is 2.33. The molecule has 0 radical (unpaired) electrons. The molecule has 0 N–H and O–H groups in total. The number of hydrogen-bond donors (Lipinski definition) is 0. The van der Waals surface area contributed by atoms with Crippen molar-refractivity contribution >= 4 is 17.5 Å². The van der Waals surface area contributed by atoms with Gasteiger partial charge in [0.15, 0.2) is 5.06 Å². The van der Waals surface area contributed by atoms with Crippen molar-refractivity contribution in [3.8, 4) is 10.8 Å². The highest BCUT2D eigenvalue weighted by Crippen LogP contribution is 2.28. The fourth-order valence-corrected chi connectivity index (χ4v) is 2.26. The third-order valence-electron chi connectivity index (χ3n) is 2.53. The van der Waals surface area contributed by atoms with Crippen LogP contribution in [0.2, 0.25) is 0 Å². The second-order valence-electron chi connectivity index (χ2n) is 3.84. The molecule has 0 unspecified atom stereocenters. The molecule has 0 saturated heterocycles. The molecule has 2 rings (SSSR count).